The summed E-state index contributed by atoms with van der Waals surface area (Å²) in [6, 6.07) is 12.6. The van der Waals surface area contributed by atoms with Gasteiger partial charge in [-0.2, -0.15) is 0 Å². The molecular weight excluding hydrogens is 408 g/mol. The van der Waals surface area contributed by atoms with Crippen LogP contribution in [-0.2, 0) is 13.1 Å². The van der Waals surface area contributed by atoms with Gasteiger partial charge in [-0.3, -0.25) is 0 Å². The largest absolute Gasteiger partial charge is 0.493 e. The predicted octanol–water partition coefficient (Wildman–Crippen LogP) is 0.959. The molecule has 0 radical (unpaired) electrons. The van der Waals surface area contributed by atoms with Gasteiger partial charge in [0, 0.05) is 10.0 Å². The van der Waals surface area contributed by atoms with Crippen LogP contribution in [0.2, 0.25) is 0 Å². The molecule has 2 N–H and O–H groups in total. The average molecular weight is 437 g/mol. The molecule has 0 unspecified atom stereocenters. The average Bonchev–Trinajstić information content (AvgIpc) is 2.70. The van der Waals surface area contributed by atoms with Crippen molar-refractivity contribution in [3.8, 4) is 17.2 Å². The van der Waals surface area contributed by atoms with Crippen LogP contribution in [0, 0.1) is 0 Å². The molecule has 0 aliphatic carbocycles. The molecule has 2 aromatic carbocycles. The summed E-state index contributed by atoms with van der Waals surface area (Å²) in [6.07, 6.45) is 0. The Balaban J connectivity index is 1.62. The van der Waals surface area contributed by atoms with Crippen molar-refractivity contribution in [3.05, 3.63) is 52.0 Å². The minimum Gasteiger partial charge on any atom is -0.493 e. The summed E-state index contributed by atoms with van der Waals surface area (Å²) < 4.78 is 17.7. The maximum absolute atomic E-state index is 5.64. The highest BCUT2D eigenvalue weighted by Gasteiger charge is 2.26. The van der Waals surface area contributed by atoms with Gasteiger partial charge in [0.15, 0.2) is 11.5 Å². The van der Waals surface area contributed by atoms with Gasteiger partial charge in [-0.1, -0.05) is 34.1 Å². The number of benzene rings is 2. The molecule has 146 valence electrons. The van der Waals surface area contributed by atoms with Gasteiger partial charge in [-0.25, -0.2) is 0 Å². The lowest BCUT2D eigenvalue weighted by Crippen LogP contribution is -3.27. The van der Waals surface area contributed by atoms with Crippen molar-refractivity contribution in [2.24, 2.45) is 0 Å². The van der Waals surface area contributed by atoms with E-state index in [-0.39, 0.29) is 0 Å². The molecule has 1 heterocycles. The SMILES string of the molecule is COc1ccc(C[NH+]2CC[NH+](Cc3ccccc3Br)CC2)c(OC)c1OC. The van der Waals surface area contributed by atoms with Crippen LogP contribution in [0.15, 0.2) is 40.9 Å². The van der Waals surface area contributed by atoms with E-state index in [0.29, 0.717) is 11.5 Å². The molecule has 1 aliphatic rings. The van der Waals surface area contributed by atoms with E-state index < -0.39 is 0 Å². The van der Waals surface area contributed by atoms with Crippen molar-refractivity contribution < 1.29 is 24.0 Å². The molecule has 0 bridgehead atoms. The molecule has 3 rings (SSSR count). The molecule has 27 heavy (non-hydrogen) atoms. The van der Waals surface area contributed by atoms with Crippen LogP contribution in [0.4, 0.5) is 0 Å². The van der Waals surface area contributed by atoms with E-state index in [1.807, 2.05) is 6.07 Å². The van der Waals surface area contributed by atoms with E-state index in [0.717, 1.165) is 31.9 Å². The van der Waals surface area contributed by atoms with Gasteiger partial charge in [0.25, 0.3) is 0 Å². The molecule has 5 nitrogen and oxygen atoms in total. The fraction of sp³-hybridized carbons (Fsp3) is 0.429. The maximum atomic E-state index is 5.64. The Labute approximate surface area is 169 Å². The van der Waals surface area contributed by atoms with E-state index in [1.165, 1.54) is 28.7 Å². The molecule has 0 saturated carbocycles. The summed E-state index contributed by atoms with van der Waals surface area (Å²) >= 11 is 3.67. The fourth-order valence-corrected chi connectivity index (χ4v) is 4.22. The lowest BCUT2D eigenvalue weighted by atomic mass is 10.1. The first-order chi connectivity index (χ1) is 13.2. The summed E-state index contributed by atoms with van der Waals surface area (Å²) in [4.78, 5) is 3.22. The molecule has 1 saturated heterocycles. The third-order valence-corrected chi connectivity index (χ3v) is 6.06. The highest BCUT2D eigenvalue weighted by Crippen LogP contribution is 2.39. The van der Waals surface area contributed by atoms with Crippen molar-refractivity contribution in [1.29, 1.82) is 0 Å². The molecular formula is C21H29BrN2O3+2. The van der Waals surface area contributed by atoms with Crippen molar-refractivity contribution in [2.45, 2.75) is 13.1 Å². The minimum atomic E-state index is 0.676. The van der Waals surface area contributed by atoms with E-state index in [9.17, 15) is 0 Å². The number of halogens is 1. The van der Waals surface area contributed by atoms with Gasteiger partial charge in [0.05, 0.1) is 26.9 Å². The zero-order chi connectivity index (χ0) is 19.2. The molecule has 6 heteroatoms. The van der Waals surface area contributed by atoms with E-state index in [2.05, 4.69) is 46.3 Å². The smallest absolute Gasteiger partial charge is 0.203 e. The highest BCUT2D eigenvalue weighted by molar-refractivity contribution is 9.10. The quantitative estimate of drug-likeness (QED) is 0.678. The van der Waals surface area contributed by atoms with E-state index in [1.54, 1.807) is 31.1 Å². The van der Waals surface area contributed by atoms with Crippen molar-refractivity contribution in [3.63, 3.8) is 0 Å². The first kappa shape index (κ1) is 20.0. The topological polar surface area (TPSA) is 36.6 Å². The number of nitrogens with one attached hydrogen (secondary N) is 2. The Morgan fingerprint density at radius 2 is 1.33 bits per heavy atom. The highest BCUT2D eigenvalue weighted by atomic mass is 79.9. The van der Waals surface area contributed by atoms with Crippen molar-refractivity contribution >= 4 is 15.9 Å². The third kappa shape index (κ3) is 4.75. The number of methoxy groups -OCH3 is 3. The normalized spacial score (nSPS) is 19.6. The zero-order valence-corrected chi connectivity index (χ0v) is 17.9. The Morgan fingerprint density at radius 1 is 0.741 bits per heavy atom. The van der Waals surface area contributed by atoms with Crippen molar-refractivity contribution in [2.75, 3.05) is 47.5 Å². The Hall–Kier alpha value is -1.76. The molecule has 0 amide bonds. The zero-order valence-electron chi connectivity index (χ0n) is 16.3. The van der Waals surface area contributed by atoms with Crippen LogP contribution in [0.25, 0.3) is 0 Å². The monoisotopic (exact) mass is 436 g/mol. The van der Waals surface area contributed by atoms with Gasteiger partial charge in [-0.05, 0) is 18.2 Å². The van der Waals surface area contributed by atoms with Crippen LogP contribution >= 0.6 is 15.9 Å². The Morgan fingerprint density at radius 3 is 1.89 bits per heavy atom. The first-order valence-electron chi connectivity index (χ1n) is 9.34. The second kappa shape index (κ2) is 9.44. The molecule has 0 aromatic heterocycles. The van der Waals surface area contributed by atoms with Crippen LogP contribution in [-0.4, -0.2) is 47.5 Å². The van der Waals surface area contributed by atoms with E-state index in [4.69, 9.17) is 14.2 Å². The summed E-state index contributed by atoms with van der Waals surface area (Å²) in [7, 11) is 4.99. The van der Waals surface area contributed by atoms with Crippen LogP contribution in [0.5, 0.6) is 17.2 Å². The number of ether oxygens (including phenoxy) is 3. The summed E-state index contributed by atoms with van der Waals surface area (Å²) in [5, 5.41) is 0. The molecule has 1 fully saturated rings. The first-order valence-corrected chi connectivity index (χ1v) is 10.1. The maximum Gasteiger partial charge on any atom is 0.203 e. The Kier molecular flexibility index (Phi) is 6.99. The second-order valence-electron chi connectivity index (χ2n) is 6.94. The van der Waals surface area contributed by atoms with Crippen LogP contribution < -0.4 is 24.0 Å². The number of piperazine rings is 1. The number of hydrogen-bond acceptors (Lipinski definition) is 3. The Bertz CT molecular complexity index is 761. The van der Waals surface area contributed by atoms with Gasteiger partial charge >= 0.3 is 0 Å². The number of rotatable bonds is 7. The standard InChI is InChI=1S/C21H27BrN2O3/c1-25-19-9-8-17(20(26-2)21(19)27-3)15-24-12-10-23(11-13-24)14-16-6-4-5-7-18(16)22/h4-9H,10-15H2,1-3H3/p+2. The number of hydrogen-bond donors (Lipinski definition) is 2. The van der Waals surface area contributed by atoms with Gasteiger partial charge in [0.2, 0.25) is 5.75 Å². The van der Waals surface area contributed by atoms with Crippen molar-refractivity contribution in [1.82, 2.24) is 0 Å². The van der Waals surface area contributed by atoms with Gasteiger partial charge in [-0.15, -0.1) is 0 Å². The summed E-state index contributed by atoms with van der Waals surface area (Å²) in [5.74, 6) is 2.17. The molecule has 1 aliphatic heterocycles. The minimum absolute atomic E-state index is 0.676. The fourth-order valence-electron chi connectivity index (χ4n) is 3.79. The lowest BCUT2D eigenvalue weighted by Gasteiger charge is -2.30. The van der Waals surface area contributed by atoms with E-state index >= 15 is 0 Å². The summed E-state index contributed by atoms with van der Waals surface area (Å²) in [6.45, 7) is 6.66. The lowest BCUT2D eigenvalue weighted by molar-refractivity contribution is -1.02. The third-order valence-electron chi connectivity index (χ3n) is 5.29. The molecule has 0 atom stereocenters. The van der Waals surface area contributed by atoms with Crippen LogP contribution in [0.1, 0.15) is 11.1 Å². The molecule has 2 aromatic rings. The van der Waals surface area contributed by atoms with Gasteiger partial charge in [0.1, 0.15) is 39.3 Å². The van der Waals surface area contributed by atoms with Gasteiger partial charge < -0.3 is 24.0 Å². The number of quaternary nitrogens is 2. The summed E-state index contributed by atoms with van der Waals surface area (Å²) in [5.41, 5.74) is 2.55. The predicted molar refractivity (Wildman–Crippen MR) is 109 cm³/mol. The second-order valence-corrected chi connectivity index (χ2v) is 7.79. The molecule has 0 spiro atoms. The van der Waals surface area contributed by atoms with Crippen LogP contribution in [0.3, 0.4) is 0 Å².